The standard InChI is InChI=1S/C13H27N3O2S/c1-10-6-11(2)9-15(8-10)19(17,18)16-5-4-13(14)7-12(16)3/h10-13H,4-9,14H2,1-3H3/t10-,11+,12-,13+/m0/s1. The van der Waals surface area contributed by atoms with Gasteiger partial charge in [-0.1, -0.05) is 13.8 Å². The number of nitrogens with zero attached hydrogens (tertiary/aromatic N) is 2. The normalized spacial score (nSPS) is 39.4. The molecule has 2 aliphatic heterocycles. The van der Waals surface area contributed by atoms with Crippen molar-refractivity contribution in [3.8, 4) is 0 Å². The Morgan fingerprint density at radius 3 is 2.16 bits per heavy atom. The second-order valence-electron chi connectivity index (χ2n) is 6.52. The van der Waals surface area contributed by atoms with Gasteiger partial charge in [0.15, 0.2) is 0 Å². The van der Waals surface area contributed by atoms with Gasteiger partial charge in [0.25, 0.3) is 10.2 Å². The molecule has 0 radical (unpaired) electrons. The van der Waals surface area contributed by atoms with Gasteiger partial charge in [-0.15, -0.1) is 0 Å². The molecule has 2 saturated heterocycles. The zero-order valence-corrected chi connectivity index (χ0v) is 13.1. The predicted octanol–water partition coefficient (Wildman–Crippen LogP) is 1.02. The molecule has 0 spiro atoms. The maximum Gasteiger partial charge on any atom is 0.282 e. The number of hydrogen-bond acceptors (Lipinski definition) is 3. The predicted molar refractivity (Wildman–Crippen MR) is 76.8 cm³/mol. The van der Waals surface area contributed by atoms with Crippen molar-refractivity contribution >= 4 is 10.2 Å². The SMILES string of the molecule is C[C@@H]1C[C@H](C)CN(S(=O)(=O)N2CC[C@@H](N)C[C@@H]2C)C1. The lowest BCUT2D eigenvalue weighted by atomic mass is 9.94. The van der Waals surface area contributed by atoms with Crippen molar-refractivity contribution < 1.29 is 8.42 Å². The molecule has 0 aromatic rings. The second kappa shape index (κ2) is 5.68. The third-order valence-electron chi connectivity index (χ3n) is 4.31. The largest absolute Gasteiger partial charge is 0.328 e. The van der Waals surface area contributed by atoms with E-state index < -0.39 is 10.2 Å². The highest BCUT2D eigenvalue weighted by atomic mass is 32.2. The summed E-state index contributed by atoms with van der Waals surface area (Å²) < 4.78 is 28.9. The van der Waals surface area contributed by atoms with Crippen molar-refractivity contribution in [1.82, 2.24) is 8.61 Å². The Hall–Kier alpha value is -0.170. The summed E-state index contributed by atoms with van der Waals surface area (Å²) in [5, 5.41) is 0. The van der Waals surface area contributed by atoms with Gasteiger partial charge in [0.1, 0.15) is 0 Å². The minimum Gasteiger partial charge on any atom is -0.328 e. The average Bonchev–Trinajstić information content (AvgIpc) is 2.26. The molecule has 0 aromatic carbocycles. The molecule has 2 fully saturated rings. The Bertz CT molecular complexity index is 402. The fourth-order valence-electron chi connectivity index (χ4n) is 3.47. The molecule has 5 nitrogen and oxygen atoms in total. The average molecular weight is 289 g/mol. The van der Waals surface area contributed by atoms with Gasteiger partial charge in [-0.05, 0) is 38.0 Å². The monoisotopic (exact) mass is 289 g/mol. The van der Waals surface area contributed by atoms with E-state index in [2.05, 4.69) is 13.8 Å². The third-order valence-corrected chi connectivity index (χ3v) is 6.40. The molecule has 2 N–H and O–H groups in total. The lowest BCUT2D eigenvalue weighted by Gasteiger charge is -2.41. The molecular weight excluding hydrogens is 262 g/mol. The molecule has 0 aromatic heterocycles. The molecule has 2 rings (SSSR count). The Morgan fingerprint density at radius 2 is 1.63 bits per heavy atom. The van der Waals surface area contributed by atoms with Crippen molar-refractivity contribution in [3.63, 3.8) is 0 Å². The summed E-state index contributed by atoms with van der Waals surface area (Å²) >= 11 is 0. The highest BCUT2D eigenvalue weighted by Gasteiger charge is 2.38. The van der Waals surface area contributed by atoms with Gasteiger partial charge < -0.3 is 5.73 Å². The van der Waals surface area contributed by atoms with Crippen molar-refractivity contribution in [2.75, 3.05) is 19.6 Å². The first-order valence-corrected chi connectivity index (χ1v) is 8.73. The number of piperidine rings is 2. The van der Waals surface area contributed by atoms with E-state index in [0.29, 0.717) is 31.5 Å². The van der Waals surface area contributed by atoms with E-state index >= 15 is 0 Å². The molecular formula is C13H27N3O2S. The molecule has 0 aliphatic carbocycles. The summed E-state index contributed by atoms with van der Waals surface area (Å²) in [6, 6.07) is 0.155. The second-order valence-corrected chi connectivity index (χ2v) is 8.40. The van der Waals surface area contributed by atoms with Crippen molar-refractivity contribution in [2.45, 2.75) is 52.1 Å². The summed E-state index contributed by atoms with van der Waals surface area (Å²) in [6.45, 7) is 8.10. The van der Waals surface area contributed by atoms with Crippen molar-refractivity contribution in [3.05, 3.63) is 0 Å². The summed E-state index contributed by atoms with van der Waals surface area (Å²) in [5.74, 6) is 0.891. The third kappa shape index (κ3) is 3.29. The van der Waals surface area contributed by atoms with Crippen LogP contribution in [0.4, 0.5) is 0 Å². The maximum atomic E-state index is 12.8. The van der Waals surface area contributed by atoms with E-state index in [4.69, 9.17) is 5.73 Å². The molecule has 0 amide bonds. The van der Waals surface area contributed by atoms with Crippen molar-refractivity contribution in [1.29, 1.82) is 0 Å². The number of rotatable bonds is 2. The summed E-state index contributed by atoms with van der Waals surface area (Å²) in [7, 11) is -3.31. The van der Waals surface area contributed by atoms with Crippen LogP contribution in [0.1, 0.15) is 40.0 Å². The van der Waals surface area contributed by atoms with Crippen LogP contribution in [0.25, 0.3) is 0 Å². The van der Waals surface area contributed by atoms with Crippen LogP contribution < -0.4 is 5.73 Å². The van der Waals surface area contributed by atoms with Gasteiger partial charge >= 0.3 is 0 Å². The summed E-state index contributed by atoms with van der Waals surface area (Å²) in [4.78, 5) is 0. The smallest absolute Gasteiger partial charge is 0.282 e. The van der Waals surface area contributed by atoms with Gasteiger partial charge in [0.05, 0.1) is 0 Å². The molecule has 6 heteroatoms. The lowest BCUT2D eigenvalue weighted by Crippen LogP contribution is -2.55. The van der Waals surface area contributed by atoms with Gasteiger partial charge in [0.2, 0.25) is 0 Å². The van der Waals surface area contributed by atoms with Gasteiger partial charge in [-0.3, -0.25) is 0 Å². The highest BCUT2D eigenvalue weighted by Crippen LogP contribution is 2.27. The minimum atomic E-state index is -3.31. The first-order valence-electron chi connectivity index (χ1n) is 7.33. The Labute approximate surface area is 117 Å². The summed E-state index contributed by atoms with van der Waals surface area (Å²) in [6.07, 6.45) is 2.65. The number of nitrogens with two attached hydrogens (primary N) is 1. The van der Waals surface area contributed by atoms with Crippen LogP contribution in [0.2, 0.25) is 0 Å². The Balaban J connectivity index is 2.13. The fourth-order valence-corrected chi connectivity index (χ4v) is 5.53. The maximum absolute atomic E-state index is 12.8. The van der Waals surface area contributed by atoms with Crippen LogP contribution >= 0.6 is 0 Å². The van der Waals surface area contributed by atoms with Crippen LogP contribution in [-0.4, -0.2) is 48.7 Å². The molecule has 0 bridgehead atoms. The van der Waals surface area contributed by atoms with Crippen LogP contribution in [0.3, 0.4) is 0 Å². The molecule has 0 unspecified atom stereocenters. The zero-order chi connectivity index (χ0) is 14.2. The van der Waals surface area contributed by atoms with E-state index in [1.165, 1.54) is 0 Å². The van der Waals surface area contributed by atoms with Crippen LogP contribution in [-0.2, 0) is 10.2 Å². The highest BCUT2D eigenvalue weighted by molar-refractivity contribution is 7.86. The molecule has 19 heavy (non-hydrogen) atoms. The zero-order valence-electron chi connectivity index (χ0n) is 12.2. The Morgan fingerprint density at radius 1 is 1.05 bits per heavy atom. The lowest BCUT2D eigenvalue weighted by molar-refractivity contribution is 0.185. The first-order chi connectivity index (χ1) is 8.80. The van der Waals surface area contributed by atoms with E-state index in [9.17, 15) is 8.42 Å². The van der Waals surface area contributed by atoms with E-state index in [-0.39, 0.29) is 12.1 Å². The first kappa shape index (κ1) is 15.2. The molecule has 2 aliphatic rings. The van der Waals surface area contributed by atoms with E-state index in [1.54, 1.807) is 8.61 Å². The van der Waals surface area contributed by atoms with Gasteiger partial charge in [-0.2, -0.15) is 17.0 Å². The molecule has 112 valence electrons. The molecule has 0 saturated carbocycles. The van der Waals surface area contributed by atoms with Crippen molar-refractivity contribution in [2.24, 2.45) is 17.6 Å². The van der Waals surface area contributed by atoms with Crippen LogP contribution in [0.5, 0.6) is 0 Å². The van der Waals surface area contributed by atoms with Crippen LogP contribution in [0, 0.1) is 11.8 Å². The number of hydrogen-bond donors (Lipinski definition) is 1. The molecule has 4 atom stereocenters. The fraction of sp³-hybridized carbons (Fsp3) is 1.00. The molecule has 2 heterocycles. The van der Waals surface area contributed by atoms with Gasteiger partial charge in [-0.25, -0.2) is 0 Å². The topological polar surface area (TPSA) is 66.6 Å². The minimum absolute atomic E-state index is 0.0151. The van der Waals surface area contributed by atoms with Crippen LogP contribution in [0.15, 0.2) is 0 Å². The summed E-state index contributed by atoms with van der Waals surface area (Å²) in [5.41, 5.74) is 5.92. The van der Waals surface area contributed by atoms with E-state index in [1.807, 2.05) is 6.92 Å². The Kier molecular flexibility index (Phi) is 4.55. The quantitative estimate of drug-likeness (QED) is 0.825. The van der Waals surface area contributed by atoms with E-state index in [0.717, 1.165) is 19.3 Å². The van der Waals surface area contributed by atoms with Gasteiger partial charge in [0, 0.05) is 31.7 Å².